The second kappa shape index (κ2) is 3.35. The minimum atomic E-state index is 0.460. The number of rotatable bonds is 1. The van der Waals surface area contributed by atoms with Gasteiger partial charge in [-0.05, 0) is 28.8 Å². The molecule has 0 bridgehead atoms. The number of aryl methyl sites for hydroxylation is 1. The predicted octanol–water partition coefficient (Wildman–Crippen LogP) is 2.92. The summed E-state index contributed by atoms with van der Waals surface area (Å²) >= 11 is 3.47. The zero-order valence-electron chi connectivity index (χ0n) is 8.45. The molecule has 2 aromatic heterocycles. The van der Waals surface area contributed by atoms with E-state index in [1.165, 1.54) is 5.69 Å². The van der Waals surface area contributed by atoms with Crippen LogP contribution in [0.25, 0.3) is 5.78 Å². The first-order chi connectivity index (χ1) is 6.59. The van der Waals surface area contributed by atoms with E-state index < -0.39 is 0 Å². The molecule has 0 N–H and O–H groups in total. The average molecular weight is 254 g/mol. The van der Waals surface area contributed by atoms with Gasteiger partial charge in [-0.25, -0.2) is 9.97 Å². The second-order valence-electron chi connectivity index (χ2n) is 3.68. The zero-order valence-corrected chi connectivity index (χ0v) is 10.0. The number of hydrogen-bond donors (Lipinski definition) is 0. The summed E-state index contributed by atoms with van der Waals surface area (Å²) in [5.41, 5.74) is 2.16. The van der Waals surface area contributed by atoms with Crippen LogP contribution in [-0.4, -0.2) is 14.4 Å². The quantitative estimate of drug-likeness (QED) is 0.783. The number of fused-ring (bicyclic) bond motifs is 1. The Balaban J connectivity index is 2.74. The average Bonchev–Trinajstić information content (AvgIpc) is 2.48. The van der Waals surface area contributed by atoms with Gasteiger partial charge < -0.3 is 0 Å². The molecule has 2 rings (SSSR count). The molecular weight excluding hydrogens is 242 g/mol. The van der Waals surface area contributed by atoms with Crippen molar-refractivity contribution < 1.29 is 0 Å². The molecule has 0 aliphatic carbocycles. The van der Waals surface area contributed by atoms with E-state index in [0.717, 1.165) is 15.9 Å². The van der Waals surface area contributed by atoms with Crippen LogP contribution in [0.4, 0.5) is 0 Å². The van der Waals surface area contributed by atoms with Gasteiger partial charge in [-0.1, -0.05) is 13.8 Å². The van der Waals surface area contributed by atoms with Gasteiger partial charge in [-0.15, -0.1) is 0 Å². The Morgan fingerprint density at radius 2 is 2.14 bits per heavy atom. The van der Waals surface area contributed by atoms with E-state index in [-0.39, 0.29) is 0 Å². The van der Waals surface area contributed by atoms with E-state index in [2.05, 4.69) is 39.7 Å². The van der Waals surface area contributed by atoms with Crippen molar-refractivity contribution in [2.45, 2.75) is 26.7 Å². The first-order valence-electron chi connectivity index (χ1n) is 4.59. The normalized spacial score (nSPS) is 11.5. The third-order valence-corrected chi connectivity index (χ3v) is 3.03. The Morgan fingerprint density at radius 3 is 2.79 bits per heavy atom. The van der Waals surface area contributed by atoms with Crippen molar-refractivity contribution in [3.05, 3.63) is 28.3 Å². The SMILES string of the molecule is Cc1nc2ncc(C(C)C)n2cc1Br. The maximum absolute atomic E-state index is 4.38. The lowest BCUT2D eigenvalue weighted by molar-refractivity contribution is 0.803. The molecule has 0 aliphatic heterocycles. The van der Waals surface area contributed by atoms with Gasteiger partial charge in [0.25, 0.3) is 0 Å². The van der Waals surface area contributed by atoms with Crippen LogP contribution in [0.2, 0.25) is 0 Å². The lowest BCUT2D eigenvalue weighted by atomic mass is 10.1. The molecule has 2 aromatic rings. The van der Waals surface area contributed by atoms with Gasteiger partial charge in [0.05, 0.1) is 16.4 Å². The molecule has 0 saturated carbocycles. The van der Waals surface area contributed by atoms with Crippen LogP contribution in [0, 0.1) is 6.92 Å². The zero-order chi connectivity index (χ0) is 10.3. The summed E-state index contributed by atoms with van der Waals surface area (Å²) in [6, 6.07) is 0. The standard InChI is InChI=1S/C10H12BrN3/c1-6(2)9-4-12-10-13-7(3)8(11)5-14(9)10/h4-6H,1-3H3. The minimum Gasteiger partial charge on any atom is -0.287 e. The van der Waals surface area contributed by atoms with Gasteiger partial charge in [0, 0.05) is 11.9 Å². The molecule has 0 saturated heterocycles. The molecule has 4 heteroatoms. The van der Waals surface area contributed by atoms with Gasteiger partial charge in [-0.3, -0.25) is 4.40 Å². The summed E-state index contributed by atoms with van der Waals surface area (Å²) in [4.78, 5) is 8.66. The highest BCUT2D eigenvalue weighted by Crippen LogP contribution is 2.19. The lowest BCUT2D eigenvalue weighted by Gasteiger charge is -2.05. The summed E-state index contributed by atoms with van der Waals surface area (Å²) in [6.07, 6.45) is 3.92. The van der Waals surface area contributed by atoms with Crippen molar-refractivity contribution in [1.82, 2.24) is 14.4 Å². The third kappa shape index (κ3) is 1.43. The van der Waals surface area contributed by atoms with E-state index in [1.807, 2.05) is 23.7 Å². The topological polar surface area (TPSA) is 30.2 Å². The molecule has 0 radical (unpaired) electrons. The van der Waals surface area contributed by atoms with Crippen LogP contribution < -0.4 is 0 Å². The van der Waals surface area contributed by atoms with E-state index >= 15 is 0 Å². The van der Waals surface area contributed by atoms with E-state index in [1.54, 1.807) is 0 Å². The summed E-state index contributed by atoms with van der Waals surface area (Å²) < 4.78 is 3.05. The molecule has 2 heterocycles. The Kier molecular flexibility index (Phi) is 2.31. The molecule has 0 spiro atoms. The number of imidazole rings is 1. The number of halogens is 1. The van der Waals surface area contributed by atoms with Crippen LogP contribution in [0.1, 0.15) is 31.2 Å². The maximum Gasteiger partial charge on any atom is 0.234 e. The predicted molar refractivity (Wildman–Crippen MR) is 59.5 cm³/mol. The summed E-state index contributed by atoms with van der Waals surface area (Å²) in [5, 5.41) is 0. The summed E-state index contributed by atoms with van der Waals surface area (Å²) in [6.45, 7) is 6.27. The number of nitrogens with zero attached hydrogens (tertiary/aromatic N) is 3. The molecular formula is C10H12BrN3. The maximum atomic E-state index is 4.38. The smallest absolute Gasteiger partial charge is 0.234 e. The van der Waals surface area contributed by atoms with Crippen molar-refractivity contribution in [2.24, 2.45) is 0 Å². The van der Waals surface area contributed by atoms with Crippen LogP contribution in [-0.2, 0) is 0 Å². The largest absolute Gasteiger partial charge is 0.287 e. The van der Waals surface area contributed by atoms with Crippen LogP contribution in [0.5, 0.6) is 0 Å². The fourth-order valence-corrected chi connectivity index (χ4v) is 1.71. The molecule has 0 amide bonds. The molecule has 0 aromatic carbocycles. The van der Waals surface area contributed by atoms with Gasteiger partial charge in [-0.2, -0.15) is 0 Å². The van der Waals surface area contributed by atoms with Crippen molar-refractivity contribution in [3.8, 4) is 0 Å². The van der Waals surface area contributed by atoms with Crippen LogP contribution >= 0.6 is 15.9 Å². The lowest BCUT2D eigenvalue weighted by Crippen LogP contribution is -1.98. The highest BCUT2D eigenvalue weighted by molar-refractivity contribution is 9.10. The van der Waals surface area contributed by atoms with Gasteiger partial charge in [0.1, 0.15) is 0 Å². The minimum absolute atomic E-state index is 0.460. The first kappa shape index (κ1) is 9.65. The van der Waals surface area contributed by atoms with Gasteiger partial charge >= 0.3 is 0 Å². The van der Waals surface area contributed by atoms with E-state index in [9.17, 15) is 0 Å². The Bertz CT molecular complexity index is 473. The molecule has 0 atom stereocenters. The Hall–Kier alpha value is -0.900. The highest BCUT2D eigenvalue weighted by atomic mass is 79.9. The monoisotopic (exact) mass is 253 g/mol. The molecule has 0 aliphatic rings. The van der Waals surface area contributed by atoms with Gasteiger partial charge in [0.2, 0.25) is 5.78 Å². The summed E-state index contributed by atoms with van der Waals surface area (Å²) in [7, 11) is 0. The van der Waals surface area contributed by atoms with E-state index in [0.29, 0.717) is 5.92 Å². The van der Waals surface area contributed by atoms with Crippen LogP contribution in [0.3, 0.4) is 0 Å². The highest BCUT2D eigenvalue weighted by Gasteiger charge is 2.09. The molecule has 3 nitrogen and oxygen atoms in total. The summed E-state index contributed by atoms with van der Waals surface area (Å²) in [5.74, 6) is 1.23. The Labute approximate surface area is 91.3 Å². The van der Waals surface area contributed by atoms with Crippen molar-refractivity contribution in [3.63, 3.8) is 0 Å². The fourth-order valence-electron chi connectivity index (χ4n) is 1.42. The molecule has 74 valence electrons. The molecule has 0 unspecified atom stereocenters. The van der Waals surface area contributed by atoms with Crippen molar-refractivity contribution >= 4 is 21.7 Å². The van der Waals surface area contributed by atoms with E-state index in [4.69, 9.17) is 0 Å². The van der Waals surface area contributed by atoms with Crippen LogP contribution in [0.15, 0.2) is 16.9 Å². The van der Waals surface area contributed by atoms with Crippen molar-refractivity contribution in [2.75, 3.05) is 0 Å². The molecule has 0 fully saturated rings. The molecule has 14 heavy (non-hydrogen) atoms. The number of aromatic nitrogens is 3. The second-order valence-corrected chi connectivity index (χ2v) is 4.54. The van der Waals surface area contributed by atoms with Gasteiger partial charge in [0.15, 0.2) is 0 Å². The Morgan fingerprint density at radius 1 is 1.43 bits per heavy atom. The first-order valence-corrected chi connectivity index (χ1v) is 5.39. The third-order valence-electron chi connectivity index (χ3n) is 2.25. The number of hydrogen-bond acceptors (Lipinski definition) is 2. The fraction of sp³-hybridized carbons (Fsp3) is 0.400. The van der Waals surface area contributed by atoms with Crippen molar-refractivity contribution in [1.29, 1.82) is 0 Å².